The van der Waals surface area contributed by atoms with Crippen molar-refractivity contribution in [2.75, 3.05) is 5.75 Å². The van der Waals surface area contributed by atoms with Gasteiger partial charge in [-0.3, -0.25) is 9.59 Å². The summed E-state index contributed by atoms with van der Waals surface area (Å²) in [5.41, 5.74) is 1.88. The third kappa shape index (κ3) is 6.00. The predicted octanol–water partition coefficient (Wildman–Crippen LogP) is 2.83. The summed E-state index contributed by atoms with van der Waals surface area (Å²) >= 11 is 2.71. The van der Waals surface area contributed by atoms with Crippen molar-refractivity contribution in [2.45, 2.75) is 38.0 Å². The molecule has 0 aliphatic heterocycles. The van der Waals surface area contributed by atoms with Gasteiger partial charge in [-0.25, -0.2) is 4.98 Å². The van der Waals surface area contributed by atoms with Gasteiger partial charge in [-0.2, -0.15) is 0 Å². The van der Waals surface area contributed by atoms with Gasteiger partial charge in [-0.15, -0.1) is 21.5 Å². The van der Waals surface area contributed by atoms with E-state index in [9.17, 15) is 9.59 Å². The van der Waals surface area contributed by atoms with Gasteiger partial charge in [0.2, 0.25) is 11.8 Å². The maximum atomic E-state index is 12.2. The number of hydrogen-bond donors (Lipinski definition) is 1. The van der Waals surface area contributed by atoms with Gasteiger partial charge in [0.15, 0.2) is 5.78 Å². The van der Waals surface area contributed by atoms with E-state index in [1.807, 2.05) is 42.6 Å². The van der Waals surface area contributed by atoms with Crippen molar-refractivity contribution in [1.29, 1.82) is 0 Å². The quantitative estimate of drug-likeness (QED) is 0.536. The van der Waals surface area contributed by atoms with Crippen LogP contribution in [0.15, 0.2) is 45.4 Å². The molecule has 9 heteroatoms. The standard InChI is InChI=1S/C19H20N4O3S2/c1-12(24)16(8-14-6-4-3-5-7-14)21-17(25)11-28-19-23-22-18(26-19)9-15-10-27-13(2)20-15/h3-7,10,16H,8-9,11H2,1-2H3,(H,21,25)/t16-/m1/s1. The number of nitrogens with zero attached hydrogens (tertiary/aromatic N) is 3. The van der Waals surface area contributed by atoms with Crippen LogP contribution in [0.5, 0.6) is 0 Å². The van der Waals surface area contributed by atoms with Crippen molar-refractivity contribution in [1.82, 2.24) is 20.5 Å². The van der Waals surface area contributed by atoms with Gasteiger partial charge in [-0.05, 0) is 25.8 Å². The fourth-order valence-electron chi connectivity index (χ4n) is 2.52. The van der Waals surface area contributed by atoms with Gasteiger partial charge in [0, 0.05) is 5.38 Å². The van der Waals surface area contributed by atoms with E-state index < -0.39 is 6.04 Å². The molecule has 2 heterocycles. The number of amides is 1. The second-order valence-electron chi connectivity index (χ2n) is 6.21. The third-order valence-corrected chi connectivity index (χ3v) is 5.52. The number of aryl methyl sites for hydroxylation is 1. The highest BCUT2D eigenvalue weighted by molar-refractivity contribution is 7.99. The molecule has 0 aliphatic rings. The Kier molecular flexibility index (Phi) is 6.94. The summed E-state index contributed by atoms with van der Waals surface area (Å²) in [6, 6.07) is 9.03. The second kappa shape index (κ2) is 9.61. The van der Waals surface area contributed by atoms with Crippen LogP contribution < -0.4 is 5.32 Å². The molecule has 1 amide bonds. The number of ketones is 1. The molecule has 28 heavy (non-hydrogen) atoms. The van der Waals surface area contributed by atoms with Crippen molar-refractivity contribution >= 4 is 34.8 Å². The Morgan fingerprint density at radius 1 is 1.25 bits per heavy atom. The molecule has 0 aliphatic carbocycles. The molecule has 1 N–H and O–H groups in total. The molecule has 0 saturated carbocycles. The summed E-state index contributed by atoms with van der Waals surface area (Å²) in [7, 11) is 0. The molecule has 3 rings (SSSR count). The monoisotopic (exact) mass is 416 g/mol. The van der Waals surface area contributed by atoms with Crippen LogP contribution in [0.25, 0.3) is 0 Å². The number of benzene rings is 1. The van der Waals surface area contributed by atoms with E-state index in [1.165, 1.54) is 6.92 Å². The fraction of sp³-hybridized carbons (Fsp3) is 0.316. The molecule has 7 nitrogen and oxygen atoms in total. The summed E-state index contributed by atoms with van der Waals surface area (Å²) in [6.07, 6.45) is 0.928. The lowest BCUT2D eigenvalue weighted by Crippen LogP contribution is -2.42. The first-order valence-corrected chi connectivity index (χ1v) is 10.6. The normalized spacial score (nSPS) is 11.9. The lowest BCUT2D eigenvalue weighted by molar-refractivity contribution is -0.125. The number of hydrogen-bond acceptors (Lipinski definition) is 8. The Hall–Kier alpha value is -2.52. The van der Waals surface area contributed by atoms with Gasteiger partial charge in [0.05, 0.1) is 28.9 Å². The van der Waals surface area contributed by atoms with Crippen molar-refractivity contribution in [3.63, 3.8) is 0 Å². The summed E-state index contributed by atoms with van der Waals surface area (Å²) in [4.78, 5) is 28.5. The van der Waals surface area contributed by atoms with Gasteiger partial charge in [-0.1, -0.05) is 42.1 Å². The maximum Gasteiger partial charge on any atom is 0.277 e. The topological polar surface area (TPSA) is 98.0 Å². The fourth-order valence-corrected chi connectivity index (χ4v) is 3.73. The van der Waals surface area contributed by atoms with Crippen LogP contribution in [0.3, 0.4) is 0 Å². The van der Waals surface area contributed by atoms with Crippen molar-refractivity contribution < 1.29 is 14.0 Å². The van der Waals surface area contributed by atoms with Crippen LogP contribution in [0.1, 0.15) is 29.1 Å². The van der Waals surface area contributed by atoms with Crippen LogP contribution >= 0.6 is 23.1 Å². The molecular weight excluding hydrogens is 396 g/mol. The molecule has 0 fully saturated rings. The molecule has 2 aromatic heterocycles. The SMILES string of the molecule is CC(=O)[C@@H](Cc1ccccc1)NC(=O)CSc1nnc(Cc2csc(C)n2)o1. The van der Waals surface area contributed by atoms with Crippen molar-refractivity contribution in [3.05, 3.63) is 57.9 Å². The smallest absolute Gasteiger partial charge is 0.277 e. The second-order valence-corrected chi connectivity index (χ2v) is 8.19. The van der Waals surface area contributed by atoms with Gasteiger partial charge in [0.25, 0.3) is 5.22 Å². The first-order chi connectivity index (χ1) is 13.5. The highest BCUT2D eigenvalue weighted by Crippen LogP contribution is 2.18. The van der Waals surface area contributed by atoms with E-state index in [1.54, 1.807) is 11.3 Å². The summed E-state index contributed by atoms with van der Waals surface area (Å²) in [5.74, 6) is 0.214. The molecule has 146 valence electrons. The highest BCUT2D eigenvalue weighted by atomic mass is 32.2. The highest BCUT2D eigenvalue weighted by Gasteiger charge is 2.18. The molecule has 1 atom stereocenters. The molecule has 0 saturated heterocycles. The molecular formula is C19H20N4O3S2. The van der Waals surface area contributed by atoms with Crippen LogP contribution in [0.4, 0.5) is 0 Å². The van der Waals surface area contributed by atoms with E-state index in [0.29, 0.717) is 24.0 Å². The first-order valence-electron chi connectivity index (χ1n) is 8.69. The Morgan fingerprint density at radius 2 is 2.04 bits per heavy atom. The zero-order valence-electron chi connectivity index (χ0n) is 15.5. The number of Topliss-reactive ketones (excluding diaryl/α,β-unsaturated/α-hetero) is 1. The van der Waals surface area contributed by atoms with E-state index in [4.69, 9.17) is 4.42 Å². The van der Waals surface area contributed by atoms with Gasteiger partial charge in [0.1, 0.15) is 0 Å². The van der Waals surface area contributed by atoms with Crippen LogP contribution in [0.2, 0.25) is 0 Å². The Morgan fingerprint density at radius 3 is 2.71 bits per heavy atom. The number of carbonyl (C=O) groups excluding carboxylic acids is 2. The zero-order chi connectivity index (χ0) is 19.9. The number of thiazole rings is 1. The van der Waals surface area contributed by atoms with E-state index in [0.717, 1.165) is 28.0 Å². The van der Waals surface area contributed by atoms with Gasteiger partial charge < -0.3 is 9.73 Å². The predicted molar refractivity (Wildman–Crippen MR) is 107 cm³/mol. The Balaban J connectivity index is 1.49. The molecule has 0 unspecified atom stereocenters. The van der Waals surface area contributed by atoms with E-state index in [2.05, 4.69) is 20.5 Å². The van der Waals surface area contributed by atoms with Gasteiger partial charge >= 0.3 is 0 Å². The number of carbonyl (C=O) groups is 2. The average molecular weight is 417 g/mol. The summed E-state index contributed by atoms with van der Waals surface area (Å²) in [5, 5.41) is 14.0. The minimum absolute atomic E-state index is 0.0826. The lowest BCUT2D eigenvalue weighted by Gasteiger charge is -2.15. The van der Waals surface area contributed by atoms with E-state index >= 15 is 0 Å². The van der Waals surface area contributed by atoms with E-state index in [-0.39, 0.29) is 17.4 Å². The van der Waals surface area contributed by atoms with Crippen LogP contribution in [-0.2, 0) is 22.4 Å². The van der Waals surface area contributed by atoms with Crippen LogP contribution in [0, 0.1) is 6.92 Å². The minimum atomic E-state index is -0.554. The largest absolute Gasteiger partial charge is 0.416 e. The first kappa shape index (κ1) is 20.2. The Bertz CT molecular complexity index is 940. The average Bonchev–Trinajstić information content (AvgIpc) is 3.29. The molecule has 0 bridgehead atoms. The molecule has 3 aromatic rings. The molecule has 0 radical (unpaired) electrons. The van der Waals surface area contributed by atoms with Crippen molar-refractivity contribution in [3.8, 4) is 0 Å². The minimum Gasteiger partial charge on any atom is -0.416 e. The third-order valence-electron chi connectivity index (χ3n) is 3.88. The maximum absolute atomic E-state index is 12.2. The lowest BCUT2D eigenvalue weighted by atomic mass is 10.0. The van der Waals surface area contributed by atoms with Crippen molar-refractivity contribution in [2.24, 2.45) is 0 Å². The van der Waals surface area contributed by atoms with Crippen LogP contribution in [-0.4, -0.2) is 38.7 Å². The Labute approximate surface area is 171 Å². The summed E-state index contributed by atoms with van der Waals surface area (Å²) in [6.45, 7) is 3.42. The number of thioether (sulfide) groups is 1. The number of aromatic nitrogens is 3. The zero-order valence-corrected chi connectivity index (χ0v) is 17.2. The summed E-state index contributed by atoms with van der Waals surface area (Å²) < 4.78 is 5.55. The number of nitrogens with one attached hydrogen (secondary N) is 1. The number of rotatable bonds is 9. The molecule has 0 spiro atoms. The molecule has 1 aromatic carbocycles.